The molecule has 25 heavy (non-hydrogen) atoms. The summed E-state index contributed by atoms with van der Waals surface area (Å²) >= 11 is 0. The molecule has 0 bridgehead atoms. The lowest BCUT2D eigenvalue weighted by Gasteiger charge is -2.61. The number of allylic oxidation sites excluding steroid dienone is 1. The highest BCUT2D eigenvalue weighted by Crippen LogP contribution is 2.61. The van der Waals surface area contributed by atoms with Gasteiger partial charge in [-0.25, -0.2) is 4.68 Å². The first-order chi connectivity index (χ1) is 12.0. The summed E-state index contributed by atoms with van der Waals surface area (Å²) in [6.45, 7) is 7.35. The van der Waals surface area contributed by atoms with Gasteiger partial charge in [-0.15, -0.1) is 5.10 Å². The second-order valence-corrected chi connectivity index (χ2v) is 9.47. The van der Waals surface area contributed by atoms with Crippen LogP contribution in [0.25, 0.3) is 6.08 Å². The molecule has 1 aromatic rings. The van der Waals surface area contributed by atoms with E-state index >= 15 is 0 Å². The molecular formula is C20H31N5. The van der Waals surface area contributed by atoms with Crippen LogP contribution in [0.2, 0.25) is 0 Å². The maximum Gasteiger partial charge on any atom is 0.174 e. The summed E-state index contributed by atoms with van der Waals surface area (Å²) in [4.78, 5) is 2.68. The van der Waals surface area contributed by atoms with E-state index in [4.69, 9.17) is 0 Å². The standard InChI is InChI=1S/C20H31N5/c1-19-10-12-25-18(21-22-23-25)13-14(19)6-7-15-16(19)8-9-20(2)17(15)5-4-11-24(20)3/h13,15-17H,4-12H2,1-3H3. The first-order valence-corrected chi connectivity index (χ1v) is 10.2. The molecule has 2 aliphatic carbocycles. The summed E-state index contributed by atoms with van der Waals surface area (Å²) in [5, 5.41) is 12.3. The third-order valence-electron chi connectivity index (χ3n) is 8.68. The second kappa shape index (κ2) is 5.38. The van der Waals surface area contributed by atoms with Crippen molar-refractivity contribution >= 4 is 6.08 Å². The second-order valence-electron chi connectivity index (χ2n) is 9.47. The maximum absolute atomic E-state index is 4.25. The van der Waals surface area contributed by atoms with Gasteiger partial charge in [0.2, 0.25) is 0 Å². The summed E-state index contributed by atoms with van der Waals surface area (Å²) in [5.41, 5.74) is 2.37. The minimum Gasteiger partial charge on any atom is -0.301 e. The van der Waals surface area contributed by atoms with Gasteiger partial charge in [0.25, 0.3) is 0 Å². The summed E-state index contributed by atoms with van der Waals surface area (Å²) in [5.74, 6) is 3.56. The van der Waals surface area contributed by atoms with E-state index in [1.807, 2.05) is 4.68 Å². The Bertz CT molecular complexity index is 709. The number of rotatable bonds is 0. The molecule has 136 valence electrons. The number of aromatic nitrogens is 4. The Morgan fingerprint density at radius 3 is 2.84 bits per heavy atom. The summed E-state index contributed by atoms with van der Waals surface area (Å²) in [7, 11) is 2.37. The van der Waals surface area contributed by atoms with E-state index in [2.05, 4.69) is 47.4 Å². The molecule has 5 nitrogen and oxygen atoms in total. The molecule has 0 spiro atoms. The first kappa shape index (κ1) is 16.0. The molecule has 3 fully saturated rings. The first-order valence-electron chi connectivity index (χ1n) is 10.2. The monoisotopic (exact) mass is 341 g/mol. The molecule has 0 radical (unpaired) electrons. The topological polar surface area (TPSA) is 46.8 Å². The van der Waals surface area contributed by atoms with E-state index in [0.717, 1.165) is 30.1 Å². The van der Waals surface area contributed by atoms with Crippen LogP contribution in [0.15, 0.2) is 5.57 Å². The Balaban J connectivity index is 1.51. The molecule has 3 heterocycles. The molecule has 0 N–H and O–H groups in total. The number of hydrogen-bond acceptors (Lipinski definition) is 4. The van der Waals surface area contributed by atoms with E-state index < -0.39 is 0 Å². The quantitative estimate of drug-likeness (QED) is 0.726. The number of piperidine rings is 1. The van der Waals surface area contributed by atoms with Crippen LogP contribution in [-0.4, -0.2) is 44.2 Å². The number of hydrogen-bond donors (Lipinski definition) is 0. The lowest BCUT2D eigenvalue weighted by atomic mass is 9.48. The average Bonchev–Trinajstić information content (AvgIpc) is 2.98. The van der Waals surface area contributed by atoms with Gasteiger partial charge in [-0.05, 0) is 105 Å². The van der Waals surface area contributed by atoms with Crippen LogP contribution in [-0.2, 0) is 6.54 Å². The van der Waals surface area contributed by atoms with Crippen molar-refractivity contribution in [1.29, 1.82) is 0 Å². The van der Waals surface area contributed by atoms with Crippen molar-refractivity contribution in [2.24, 2.45) is 23.2 Å². The third-order valence-corrected chi connectivity index (χ3v) is 8.68. The molecule has 0 aromatic carbocycles. The van der Waals surface area contributed by atoms with Gasteiger partial charge in [0.15, 0.2) is 5.82 Å². The van der Waals surface area contributed by atoms with Gasteiger partial charge in [-0.2, -0.15) is 0 Å². The SMILES string of the molecule is CN1CCCC2C3CCC4=Cc5nnnn5CCC4(C)C3CCC21C. The molecule has 5 unspecified atom stereocenters. The number of fused-ring (bicyclic) bond motifs is 6. The molecule has 4 aliphatic rings. The van der Waals surface area contributed by atoms with Gasteiger partial charge in [0.1, 0.15) is 0 Å². The molecule has 1 saturated heterocycles. The largest absolute Gasteiger partial charge is 0.301 e. The molecule has 5 atom stereocenters. The van der Waals surface area contributed by atoms with Crippen molar-refractivity contribution in [3.8, 4) is 0 Å². The Labute approximate surface area is 150 Å². The fourth-order valence-corrected chi connectivity index (χ4v) is 6.98. The van der Waals surface area contributed by atoms with Crippen LogP contribution >= 0.6 is 0 Å². The zero-order valence-corrected chi connectivity index (χ0v) is 15.9. The molecule has 1 aromatic heterocycles. The van der Waals surface area contributed by atoms with Crippen LogP contribution in [0.3, 0.4) is 0 Å². The minimum atomic E-state index is 0.322. The third kappa shape index (κ3) is 2.14. The predicted octanol–water partition coefficient (Wildman–Crippen LogP) is 3.39. The number of likely N-dealkylation sites (tertiary alicyclic amines) is 1. The van der Waals surface area contributed by atoms with Crippen LogP contribution in [0, 0.1) is 23.2 Å². The highest BCUT2D eigenvalue weighted by molar-refractivity contribution is 5.49. The Hall–Kier alpha value is -1.23. The van der Waals surface area contributed by atoms with E-state index in [0.29, 0.717) is 11.0 Å². The molecule has 2 saturated carbocycles. The van der Waals surface area contributed by atoms with Crippen LogP contribution in [0.1, 0.15) is 64.6 Å². The molecule has 5 rings (SSSR count). The number of tetrazole rings is 1. The smallest absolute Gasteiger partial charge is 0.174 e. The summed E-state index contributed by atoms with van der Waals surface area (Å²) < 4.78 is 2.01. The zero-order chi connectivity index (χ0) is 17.2. The molecule has 2 aliphatic heterocycles. The van der Waals surface area contributed by atoms with E-state index in [9.17, 15) is 0 Å². The van der Waals surface area contributed by atoms with Gasteiger partial charge in [-0.1, -0.05) is 12.5 Å². The highest BCUT2D eigenvalue weighted by Gasteiger charge is 2.56. The van der Waals surface area contributed by atoms with Crippen molar-refractivity contribution in [2.75, 3.05) is 13.6 Å². The van der Waals surface area contributed by atoms with Gasteiger partial charge >= 0.3 is 0 Å². The summed E-state index contributed by atoms with van der Waals surface area (Å²) in [6, 6.07) is 0. The lowest BCUT2D eigenvalue weighted by Crippen LogP contribution is -2.61. The van der Waals surface area contributed by atoms with Gasteiger partial charge in [0, 0.05) is 12.1 Å². The highest BCUT2D eigenvalue weighted by atomic mass is 15.5. The van der Waals surface area contributed by atoms with Crippen molar-refractivity contribution < 1.29 is 0 Å². The Morgan fingerprint density at radius 2 is 1.96 bits per heavy atom. The lowest BCUT2D eigenvalue weighted by molar-refractivity contribution is -0.0932. The van der Waals surface area contributed by atoms with Gasteiger partial charge < -0.3 is 4.90 Å². The van der Waals surface area contributed by atoms with Crippen LogP contribution in [0.4, 0.5) is 0 Å². The fourth-order valence-electron chi connectivity index (χ4n) is 6.98. The average molecular weight is 342 g/mol. The van der Waals surface area contributed by atoms with Gasteiger partial charge in [0.05, 0.1) is 0 Å². The van der Waals surface area contributed by atoms with E-state index in [1.54, 1.807) is 5.57 Å². The van der Waals surface area contributed by atoms with E-state index in [1.165, 1.54) is 51.5 Å². The van der Waals surface area contributed by atoms with Crippen molar-refractivity contribution in [3.05, 3.63) is 11.4 Å². The van der Waals surface area contributed by atoms with Crippen LogP contribution in [0.5, 0.6) is 0 Å². The molecule has 5 heteroatoms. The number of nitrogens with zero attached hydrogens (tertiary/aromatic N) is 5. The molecular weight excluding hydrogens is 310 g/mol. The normalized spacial score (nSPS) is 44.0. The predicted molar refractivity (Wildman–Crippen MR) is 97.7 cm³/mol. The minimum absolute atomic E-state index is 0.322. The van der Waals surface area contributed by atoms with Crippen molar-refractivity contribution in [3.63, 3.8) is 0 Å². The number of aryl methyl sites for hydroxylation is 1. The zero-order valence-electron chi connectivity index (χ0n) is 15.9. The van der Waals surface area contributed by atoms with E-state index in [-0.39, 0.29) is 0 Å². The maximum atomic E-state index is 4.25. The summed E-state index contributed by atoms with van der Waals surface area (Å²) in [6.07, 6.45) is 11.7. The Morgan fingerprint density at radius 1 is 1.08 bits per heavy atom. The van der Waals surface area contributed by atoms with Gasteiger partial charge in [-0.3, -0.25) is 0 Å². The molecule has 0 amide bonds. The van der Waals surface area contributed by atoms with Crippen molar-refractivity contribution in [2.45, 2.75) is 70.9 Å². The Kier molecular flexibility index (Phi) is 3.44. The van der Waals surface area contributed by atoms with Crippen LogP contribution < -0.4 is 0 Å². The van der Waals surface area contributed by atoms with Crippen molar-refractivity contribution in [1.82, 2.24) is 25.1 Å². The fraction of sp³-hybridized carbons (Fsp3) is 0.850.